The molecular weight excluding hydrogens is 313 g/mol. The zero-order valence-corrected chi connectivity index (χ0v) is 12.0. The maximum Gasteiger partial charge on any atom is 0.254 e. The summed E-state index contributed by atoms with van der Waals surface area (Å²) in [5, 5.41) is 2.91. The van der Waals surface area contributed by atoms with E-state index in [9.17, 15) is 9.18 Å². The lowest BCUT2D eigenvalue weighted by Crippen LogP contribution is -2.41. The molecule has 2 unspecified atom stereocenters. The summed E-state index contributed by atoms with van der Waals surface area (Å²) < 4.78 is 19.8. The number of halogens is 2. The van der Waals surface area contributed by atoms with Gasteiger partial charge in [0.1, 0.15) is 5.82 Å². The van der Waals surface area contributed by atoms with Crippen molar-refractivity contribution in [3.63, 3.8) is 0 Å². The van der Waals surface area contributed by atoms with Crippen LogP contribution in [0.3, 0.4) is 0 Å². The maximum atomic E-state index is 13.9. The highest BCUT2D eigenvalue weighted by molar-refractivity contribution is 9.10. The van der Waals surface area contributed by atoms with E-state index in [1.807, 2.05) is 0 Å². The lowest BCUT2D eigenvalue weighted by molar-refractivity contribution is 0.0727. The molecule has 2 fully saturated rings. The van der Waals surface area contributed by atoms with Gasteiger partial charge in [0.05, 0.1) is 22.2 Å². The molecule has 0 radical (unpaired) electrons. The molecule has 2 atom stereocenters. The fourth-order valence-electron chi connectivity index (χ4n) is 2.58. The smallest absolute Gasteiger partial charge is 0.254 e. The lowest BCUT2D eigenvalue weighted by atomic mass is 10.1. The molecule has 0 spiro atoms. The first-order chi connectivity index (χ1) is 9.16. The van der Waals surface area contributed by atoms with Crippen LogP contribution in [0.25, 0.3) is 0 Å². The second kappa shape index (κ2) is 5.21. The van der Waals surface area contributed by atoms with Crippen LogP contribution in [0, 0.1) is 11.7 Å². The summed E-state index contributed by atoms with van der Waals surface area (Å²) in [5.74, 6) is -0.304. The molecule has 1 saturated heterocycles. The first kappa shape index (κ1) is 13.1. The minimum atomic E-state index is -0.512. The molecule has 1 amide bonds. The standard InChI is InChI=1S/C14H15BrFNO2/c15-10-3-1-2-9(12(10)16)14(18)17-11-6-7-19-13(11)8-4-5-8/h1-3,8,11,13H,4-7H2,(H,17,18). The van der Waals surface area contributed by atoms with Crippen molar-refractivity contribution in [2.75, 3.05) is 6.61 Å². The van der Waals surface area contributed by atoms with E-state index in [-0.39, 0.29) is 23.6 Å². The van der Waals surface area contributed by atoms with E-state index in [0.29, 0.717) is 17.0 Å². The number of ether oxygens (including phenoxy) is 1. The highest BCUT2D eigenvalue weighted by Crippen LogP contribution is 2.38. The fourth-order valence-corrected chi connectivity index (χ4v) is 2.95. The molecule has 1 aliphatic heterocycles. The fraction of sp³-hybridized carbons (Fsp3) is 0.500. The molecule has 1 heterocycles. The highest BCUT2D eigenvalue weighted by atomic mass is 79.9. The Morgan fingerprint density at radius 2 is 2.16 bits per heavy atom. The Balaban J connectivity index is 1.72. The van der Waals surface area contributed by atoms with Crippen LogP contribution in [0.4, 0.5) is 4.39 Å². The molecule has 3 nitrogen and oxygen atoms in total. The lowest BCUT2D eigenvalue weighted by Gasteiger charge is -2.19. The van der Waals surface area contributed by atoms with Crippen LogP contribution in [0.15, 0.2) is 22.7 Å². The predicted octanol–water partition coefficient (Wildman–Crippen LogP) is 2.89. The van der Waals surface area contributed by atoms with Gasteiger partial charge < -0.3 is 10.1 Å². The summed E-state index contributed by atoms with van der Waals surface area (Å²) in [6.07, 6.45) is 3.26. The first-order valence-corrected chi connectivity index (χ1v) is 7.32. The van der Waals surface area contributed by atoms with E-state index in [1.54, 1.807) is 12.1 Å². The van der Waals surface area contributed by atoms with Crippen molar-refractivity contribution >= 4 is 21.8 Å². The topological polar surface area (TPSA) is 38.3 Å². The van der Waals surface area contributed by atoms with Crippen molar-refractivity contribution in [2.24, 2.45) is 5.92 Å². The molecule has 2 aliphatic rings. The van der Waals surface area contributed by atoms with E-state index < -0.39 is 5.82 Å². The summed E-state index contributed by atoms with van der Waals surface area (Å²) in [6.45, 7) is 0.674. The SMILES string of the molecule is O=C(NC1CCOC1C1CC1)c1cccc(Br)c1F. The van der Waals surface area contributed by atoms with Crippen LogP contribution >= 0.6 is 15.9 Å². The van der Waals surface area contributed by atoms with Crippen LogP contribution < -0.4 is 5.32 Å². The summed E-state index contributed by atoms with van der Waals surface area (Å²) in [4.78, 5) is 12.1. The Kier molecular flexibility index (Phi) is 3.58. The number of rotatable bonds is 3. The van der Waals surface area contributed by atoms with E-state index in [2.05, 4.69) is 21.2 Å². The van der Waals surface area contributed by atoms with Gasteiger partial charge in [0, 0.05) is 6.61 Å². The third-order valence-corrected chi connectivity index (χ3v) is 4.35. The quantitative estimate of drug-likeness (QED) is 0.927. The van der Waals surface area contributed by atoms with Gasteiger partial charge in [0.15, 0.2) is 0 Å². The van der Waals surface area contributed by atoms with Gasteiger partial charge in [-0.15, -0.1) is 0 Å². The van der Waals surface area contributed by atoms with Gasteiger partial charge in [-0.2, -0.15) is 0 Å². The number of carbonyl (C=O) groups excluding carboxylic acids is 1. The van der Waals surface area contributed by atoms with Crippen LogP contribution in [-0.2, 0) is 4.74 Å². The summed E-state index contributed by atoms with van der Waals surface area (Å²) in [7, 11) is 0. The predicted molar refractivity (Wildman–Crippen MR) is 72.4 cm³/mol. The largest absolute Gasteiger partial charge is 0.376 e. The molecule has 1 aliphatic carbocycles. The van der Waals surface area contributed by atoms with E-state index >= 15 is 0 Å². The Bertz CT molecular complexity index is 504. The van der Waals surface area contributed by atoms with Crippen molar-refractivity contribution in [3.8, 4) is 0 Å². The van der Waals surface area contributed by atoms with Crippen molar-refractivity contribution in [1.29, 1.82) is 0 Å². The Hall–Kier alpha value is -0.940. The van der Waals surface area contributed by atoms with Gasteiger partial charge in [-0.1, -0.05) is 6.07 Å². The molecule has 19 heavy (non-hydrogen) atoms. The van der Waals surface area contributed by atoms with Gasteiger partial charge in [0.25, 0.3) is 5.91 Å². The van der Waals surface area contributed by atoms with Crippen LogP contribution in [0.2, 0.25) is 0 Å². The molecule has 5 heteroatoms. The molecule has 1 aromatic rings. The molecule has 1 saturated carbocycles. The molecule has 1 aromatic carbocycles. The Labute approximate surface area is 119 Å². The van der Waals surface area contributed by atoms with Crippen molar-refractivity contribution in [2.45, 2.75) is 31.4 Å². The number of hydrogen-bond donors (Lipinski definition) is 1. The Morgan fingerprint density at radius 1 is 1.37 bits per heavy atom. The van der Waals surface area contributed by atoms with Crippen LogP contribution in [0.1, 0.15) is 29.6 Å². The third kappa shape index (κ3) is 2.67. The number of benzene rings is 1. The minimum Gasteiger partial charge on any atom is -0.376 e. The van der Waals surface area contributed by atoms with E-state index in [0.717, 1.165) is 6.42 Å². The number of nitrogens with one attached hydrogen (secondary N) is 1. The molecule has 1 N–H and O–H groups in total. The van der Waals surface area contributed by atoms with Gasteiger partial charge >= 0.3 is 0 Å². The summed E-state index contributed by atoms with van der Waals surface area (Å²) in [5.41, 5.74) is 0.0795. The van der Waals surface area contributed by atoms with E-state index in [4.69, 9.17) is 4.74 Å². The van der Waals surface area contributed by atoms with Gasteiger partial charge in [-0.05, 0) is 53.2 Å². The molecular formula is C14H15BrFNO2. The van der Waals surface area contributed by atoms with E-state index in [1.165, 1.54) is 18.9 Å². The zero-order valence-electron chi connectivity index (χ0n) is 10.4. The molecule has 3 rings (SSSR count). The molecule has 0 bridgehead atoms. The highest BCUT2D eigenvalue weighted by Gasteiger charge is 2.41. The second-order valence-corrected chi connectivity index (χ2v) is 6.00. The van der Waals surface area contributed by atoms with Gasteiger partial charge in [-0.25, -0.2) is 4.39 Å². The summed E-state index contributed by atoms with van der Waals surface area (Å²) in [6, 6.07) is 4.75. The van der Waals surface area contributed by atoms with Crippen molar-refractivity contribution < 1.29 is 13.9 Å². The number of hydrogen-bond acceptors (Lipinski definition) is 2. The second-order valence-electron chi connectivity index (χ2n) is 5.14. The first-order valence-electron chi connectivity index (χ1n) is 6.53. The average molecular weight is 328 g/mol. The molecule has 102 valence electrons. The average Bonchev–Trinajstić information content (AvgIpc) is 3.13. The molecule has 0 aromatic heterocycles. The number of amides is 1. The van der Waals surface area contributed by atoms with Crippen LogP contribution in [-0.4, -0.2) is 24.7 Å². The van der Waals surface area contributed by atoms with Crippen molar-refractivity contribution in [1.82, 2.24) is 5.32 Å². The van der Waals surface area contributed by atoms with Crippen LogP contribution in [0.5, 0.6) is 0 Å². The van der Waals surface area contributed by atoms with Gasteiger partial charge in [-0.3, -0.25) is 4.79 Å². The monoisotopic (exact) mass is 327 g/mol. The third-order valence-electron chi connectivity index (χ3n) is 3.74. The van der Waals surface area contributed by atoms with Gasteiger partial charge in [0.2, 0.25) is 0 Å². The van der Waals surface area contributed by atoms with Crippen molar-refractivity contribution in [3.05, 3.63) is 34.1 Å². The number of carbonyl (C=O) groups is 1. The minimum absolute atomic E-state index is 0.0124. The zero-order chi connectivity index (χ0) is 13.4. The Morgan fingerprint density at radius 3 is 2.89 bits per heavy atom. The summed E-state index contributed by atoms with van der Waals surface area (Å²) >= 11 is 3.09. The normalized spacial score (nSPS) is 26.4. The maximum absolute atomic E-state index is 13.9.